The van der Waals surface area contributed by atoms with Crippen LogP contribution in [0.5, 0.6) is 0 Å². The van der Waals surface area contributed by atoms with Crippen LogP contribution in [0.4, 0.5) is 0 Å². The maximum absolute atomic E-state index is 5.51. The van der Waals surface area contributed by atoms with Crippen LogP contribution in [-0.4, -0.2) is 75.9 Å². The summed E-state index contributed by atoms with van der Waals surface area (Å²) in [7, 11) is 4.27. The fourth-order valence-corrected chi connectivity index (χ4v) is 2.16. The highest BCUT2D eigenvalue weighted by Gasteiger charge is 2.17. The van der Waals surface area contributed by atoms with Gasteiger partial charge in [-0.1, -0.05) is 13.8 Å². The minimum absolute atomic E-state index is 0.504. The number of nitrogens with one attached hydrogen (secondary N) is 1. The van der Waals surface area contributed by atoms with Gasteiger partial charge in [-0.3, -0.25) is 0 Å². The van der Waals surface area contributed by atoms with Gasteiger partial charge in [0, 0.05) is 38.8 Å². The summed E-state index contributed by atoms with van der Waals surface area (Å²) in [4.78, 5) is 4.80. The zero-order chi connectivity index (χ0) is 12.7. The molecule has 1 heterocycles. The molecule has 0 saturated carbocycles. The Hall–Kier alpha value is -0.160. The van der Waals surface area contributed by atoms with E-state index in [1.54, 1.807) is 0 Å². The Kier molecular flexibility index (Phi) is 7.04. The second kappa shape index (κ2) is 8.03. The topological polar surface area (TPSA) is 27.7 Å². The molecule has 0 radical (unpaired) electrons. The van der Waals surface area contributed by atoms with E-state index in [0.717, 1.165) is 45.3 Å². The van der Waals surface area contributed by atoms with Crippen molar-refractivity contribution in [1.82, 2.24) is 15.1 Å². The Labute approximate surface area is 106 Å². The molecule has 17 heavy (non-hydrogen) atoms. The highest BCUT2D eigenvalue weighted by atomic mass is 16.5. The van der Waals surface area contributed by atoms with Crippen molar-refractivity contribution in [1.29, 1.82) is 0 Å². The Balaban J connectivity index is 2.32. The van der Waals surface area contributed by atoms with Crippen molar-refractivity contribution in [2.45, 2.75) is 19.9 Å². The standard InChI is InChI=1S/C13H29N3O/c1-12(2)9-16(7-6-15(3)4)10-13-11-17-8-5-14-13/h12-14H,5-11H2,1-4H3. The highest BCUT2D eigenvalue weighted by Crippen LogP contribution is 2.02. The number of nitrogens with zero attached hydrogens (tertiary/aromatic N) is 2. The molecular formula is C13H29N3O. The normalized spacial score (nSPS) is 21.7. The summed E-state index contributed by atoms with van der Waals surface area (Å²) in [5.41, 5.74) is 0. The van der Waals surface area contributed by atoms with E-state index < -0.39 is 0 Å². The number of likely N-dealkylation sites (N-methyl/N-ethyl adjacent to an activating group) is 1. The zero-order valence-corrected chi connectivity index (χ0v) is 11.9. The van der Waals surface area contributed by atoms with Gasteiger partial charge >= 0.3 is 0 Å². The van der Waals surface area contributed by atoms with Crippen LogP contribution in [-0.2, 0) is 4.74 Å². The Morgan fingerprint density at radius 2 is 2.06 bits per heavy atom. The Morgan fingerprint density at radius 1 is 1.29 bits per heavy atom. The molecule has 1 unspecified atom stereocenters. The molecule has 0 spiro atoms. The predicted octanol–water partition coefficient (Wildman–Crippen LogP) is 0.494. The van der Waals surface area contributed by atoms with Gasteiger partial charge in [0.15, 0.2) is 0 Å². The third-order valence-corrected chi connectivity index (χ3v) is 2.96. The monoisotopic (exact) mass is 243 g/mol. The quantitative estimate of drug-likeness (QED) is 0.704. The Bertz CT molecular complexity index is 191. The van der Waals surface area contributed by atoms with Crippen molar-refractivity contribution >= 4 is 0 Å². The zero-order valence-electron chi connectivity index (χ0n) is 11.9. The molecule has 0 aromatic carbocycles. The third kappa shape index (κ3) is 6.99. The minimum atomic E-state index is 0.504. The average Bonchev–Trinajstić information content (AvgIpc) is 2.26. The van der Waals surface area contributed by atoms with Gasteiger partial charge in [-0.2, -0.15) is 0 Å². The first-order chi connectivity index (χ1) is 8.08. The lowest BCUT2D eigenvalue weighted by atomic mass is 10.2. The van der Waals surface area contributed by atoms with Crippen LogP contribution in [0.15, 0.2) is 0 Å². The first kappa shape index (κ1) is 14.9. The average molecular weight is 243 g/mol. The lowest BCUT2D eigenvalue weighted by Gasteiger charge is -2.32. The van der Waals surface area contributed by atoms with Crippen LogP contribution in [0.2, 0.25) is 0 Å². The molecule has 1 saturated heterocycles. The first-order valence-corrected chi connectivity index (χ1v) is 6.76. The first-order valence-electron chi connectivity index (χ1n) is 6.76. The van der Waals surface area contributed by atoms with E-state index in [9.17, 15) is 0 Å². The largest absolute Gasteiger partial charge is 0.378 e. The van der Waals surface area contributed by atoms with Crippen molar-refractivity contribution in [3.05, 3.63) is 0 Å². The summed E-state index contributed by atoms with van der Waals surface area (Å²) in [6.45, 7) is 11.8. The third-order valence-electron chi connectivity index (χ3n) is 2.96. The highest BCUT2D eigenvalue weighted by molar-refractivity contribution is 4.75. The van der Waals surface area contributed by atoms with Crippen LogP contribution >= 0.6 is 0 Å². The molecule has 102 valence electrons. The van der Waals surface area contributed by atoms with Gasteiger partial charge in [0.25, 0.3) is 0 Å². The summed E-state index contributed by atoms with van der Waals surface area (Å²) in [6.07, 6.45) is 0. The van der Waals surface area contributed by atoms with Gasteiger partial charge in [-0.15, -0.1) is 0 Å². The van der Waals surface area contributed by atoms with E-state index in [4.69, 9.17) is 4.74 Å². The number of morpholine rings is 1. The summed E-state index contributed by atoms with van der Waals surface area (Å²) in [6, 6.07) is 0.504. The molecule has 1 atom stereocenters. The summed E-state index contributed by atoms with van der Waals surface area (Å²) >= 11 is 0. The maximum atomic E-state index is 5.51. The lowest BCUT2D eigenvalue weighted by Crippen LogP contribution is -2.50. The lowest BCUT2D eigenvalue weighted by molar-refractivity contribution is 0.0590. The van der Waals surface area contributed by atoms with E-state index in [1.807, 2.05) is 0 Å². The van der Waals surface area contributed by atoms with Gasteiger partial charge in [-0.05, 0) is 20.0 Å². The molecule has 1 fully saturated rings. The van der Waals surface area contributed by atoms with E-state index in [1.165, 1.54) is 6.54 Å². The Morgan fingerprint density at radius 3 is 2.59 bits per heavy atom. The number of ether oxygens (including phenoxy) is 1. The van der Waals surface area contributed by atoms with Gasteiger partial charge in [0.05, 0.1) is 13.2 Å². The maximum Gasteiger partial charge on any atom is 0.0632 e. The van der Waals surface area contributed by atoms with Crippen molar-refractivity contribution in [3.63, 3.8) is 0 Å². The minimum Gasteiger partial charge on any atom is -0.378 e. The molecule has 0 amide bonds. The number of rotatable bonds is 7. The SMILES string of the molecule is CC(C)CN(CCN(C)C)CC1COCCN1. The fourth-order valence-electron chi connectivity index (χ4n) is 2.16. The second-order valence-electron chi connectivity index (χ2n) is 5.68. The van der Waals surface area contributed by atoms with Gasteiger partial charge in [-0.25, -0.2) is 0 Å². The van der Waals surface area contributed by atoms with Gasteiger partial charge in [0.1, 0.15) is 0 Å². The van der Waals surface area contributed by atoms with Crippen LogP contribution in [0.25, 0.3) is 0 Å². The summed E-state index contributed by atoms with van der Waals surface area (Å²) in [5, 5.41) is 3.53. The molecule has 4 nitrogen and oxygen atoms in total. The van der Waals surface area contributed by atoms with E-state index in [0.29, 0.717) is 6.04 Å². The van der Waals surface area contributed by atoms with E-state index >= 15 is 0 Å². The molecule has 1 rings (SSSR count). The van der Waals surface area contributed by atoms with Crippen LogP contribution in [0, 0.1) is 5.92 Å². The molecule has 0 aromatic rings. The van der Waals surface area contributed by atoms with Crippen molar-refractivity contribution in [2.75, 3.05) is 60.0 Å². The molecule has 0 aliphatic carbocycles. The molecule has 0 bridgehead atoms. The van der Waals surface area contributed by atoms with Crippen molar-refractivity contribution in [2.24, 2.45) is 5.92 Å². The molecule has 0 aromatic heterocycles. The fraction of sp³-hybridized carbons (Fsp3) is 1.00. The van der Waals surface area contributed by atoms with Crippen LogP contribution in [0.1, 0.15) is 13.8 Å². The van der Waals surface area contributed by atoms with Crippen molar-refractivity contribution in [3.8, 4) is 0 Å². The number of hydrogen-bond donors (Lipinski definition) is 1. The van der Waals surface area contributed by atoms with Crippen LogP contribution in [0.3, 0.4) is 0 Å². The van der Waals surface area contributed by atoms with Crippen LogP contribution < -0.4 is 5.32 Å². The predicted molar refractivity (Wildman–Crippen MR) is 72.4 cm³/mol. The van der Waals surface area contributed by atoms with E-state index in [2.05, 4.69) is 43.1 Å². The van der Waals surface area contributed by atoms with E-state index in [-0.39, 0.29) is 0 Å². The van der Waals surface area contributed by atoms with Gasteiger partial charge in [0.2, 0.25) is 0 Å². The molecule has 1 aliphatic heterocycles. The van der Waals surface area contributed by atoms with Crippen molar-refractivity contribution < 1.29 is 4.74 Å². The molecule has 1 N–H and O–H groups in total. The second-order valence-corrected chi connectivity index (χ2v) is 5.68. The number of hydrogen-bond acceptors (Lipinski definition) is 4. The smallest absolute Gasteiger partial charge is 0.0632 e. The van der Waals surface area contributed by atoms with Gasteiger partial charge < -0.3 is 19.9 Å². The summed E-state index contributed by atoms with van der Waals surface area (Å²) < 4.78 is 5.51. The molecular weight excluding hydrogens is 214 g/mol. The molecule has 1 aliphatic rings. The summed E-state index contributed by atoms with van der Waals surface area (Å²) in [5.74, 6) is 0.724. The molecule has 4 heteroatoms.